The number of amides is 1. The fourth-order valence-corrected chi connectivity index (χ4v) is 3.23. The van der Waals surface area contributed by atoms with Crippen LogP contribution < -0.4 is 10.0 Å². The molecule has 0 aliphatic heterocycles. The molecule has 0 radical (unpaired) electrons. The van der Waals surface area contributed by atoms with Gasteiger partial charge in [0.05, 0.1) is 16.1 Å². The molecule has 5 nitrogen and oxygen atoms in total. The Kier molecular flexibility index (Phi) is 5.91. The third-order valence-corrected chi connectivity index (χ3v) is 4.89. The Hall–Kier alpha value is -2.55. The SMILES string of the molecule is CCc1ccc(S(=O)(=O)Nc2ccccc2C(=O)NCC(F)(F)F)cc1. The average molecular weight is 386 g/mol. The summed E-state index contributed by atoms with van der Waals surface area (Å²) in [5.41, 5.74) is 0.646. The summed E-state index contributed by atoms with van der Waals surface area (Å²) in [4.78, 5) is 12.0. The molecule has 0 aromatic heterocycles. The van der Waals surface area contributed by atoms with Crippen molar-refractivity contribution in [2.24, 2.45) is 0 Å². The monoisotopic (exact) mass is 386 g/mol. The molecule has 0 spiro atoms. The second-order valence-corrected chi connectivity index (χ2v) is 7.13. The summed E-state index contributed by atoms with van der Waals surface area (Å²) in [6, 6.07) is 11.6. The molecule has 0 atom stereocenters. The van der Waals surface area contributed by atoms with Gasteiger partial charge in [0.2, 0.25) is 0 Å². The van der Waals surface area contributed by atoms with Crippen molar-refractivity contribution in [3.63, 3.8) is 0 Å². The summed E-state index contributed by atoms with van der Waals surface area (Å²) in [5, 5.41) is 1.72. The summed E-state index contributed by atoms with van der Waals surface area (Å²) < 4.78 is 64.0. The van der Waals surface area contributed by atoms with Crippen LogP contribution in [0.4, 0.5) is 18.9 Å². The molecule has 1 amide bonds. The molecular formula is C17H17F3N2O3S. The lowest BCUT2D eigenvalue weighted by Gasteiger charge is -2.14. The van der Waals surface area contributed by atoms with Gasteiger partial charge >= 0.3 is 6.18 Å². The third kappa shape index (κ3) is 5.22. The van der Waals surface area contributed by atoms with Gasteiger partial charge in [-0.25, -0.2) is 8.42 Å². The number of halogens is 3. The topological polar surface area (TPSA) is 75.3 Å². The van der Waals surface area contributed by atoms with E-state index in [1.807, 2.05) is 6.92 Å². The van der Waals surface area contributed by atoms with Crippen LogP contribution >= 0.6 is 0 Å². The molecule has 0 saturated carbocycles. The fourth-order valence-electron chi connectivity index (χ4n) is 2.15. The van der Waals surface area contributed by atoms with Crippen LogP contribution in [0.5, 0.6) is 0 Å². The fraction of sp³-hybridized carbons (Fsp3) is 0.235. The zero-order chi connectivity index (χ0) is 19.4. The number of nitrogens with one attached hydrogen (secondary N) is 2. The van der Waals surface area contributed by atoms with Gasteiger partial charge in [0.15, 0.2) is 0 Å². The molecule has 0 unspecified atom stereocenters. The van der Waals surface area contributed by atoms with Crippen molar-refractivity contribution >= 4 is 21.6 Å². The number of alkyl halides is 3. The van der Waals surface area contributed by atoms with Crippen LogP contribution in [-0.4, -0.2) is 27.0 Å². The highest BCUT2D eigenvalue weighted by Crippen LogP contribution is 2.21. The van der Waals surface area contributed by atoms with Crippen LogP contribution in [0, 0.1) is 0 Å². The molecule has 0 heterocycles. The van der Waals surface area contributed by atoms with E-state index in [2.05, 4.69) is 4.72 Å². The molecule has 140 valence electrons. The normalized spacial score (nSPS) is 11.8. The van der Waals surface area contributed by atoms with Crippen LogP contribution in [0.15, 0.2) is 53.4 Å². The number of para-hydroxylation sites is 1. The van der Waals surface area contributed by atoms with Crippen molar-refractivity contribution in [1.29, 1.82) is 0 Å². The van der Waals surface area contributed by atoms with E-state index in [0.717, 1.165) is 12.0 Å². The highest BCUT2D eigenvalue weighted by atomic mass is 32.2. The minimum Gasteiger partial charge on any atom is -0.343 e. The summed E-state index contributed by atoms with van der Waals surface area (Å²) in [7, 11) is -3.99. The van der Waals surface area contributed by atoms with E-state index in [1.54, 1.807) is 17.4 Å². The first-order valence-electron chi connectivity index (χ1n) is 7.68. The van der Waals surface area contributed by atoms with Gasteiger partial charge in [0.1, 0.15) is 6.54 Å². The second-order valence-electron chi connectivity index (χ2n) is 5.45. The van der Waals surface area contributed by atoms with Crippen LogP contribution in [-0.2, 0) is 16.4 Å². The molecule has 0 bridgehead atoms. The van der Waals surface area contributed by atoms with Crippen molar-refractivity contribution < 1.29 is 26.4 Å². The number of benzene rings is 2. The smallest absolute Gasteiger partial charge is 0.343 e. The van der Waals surface area contributed by atoms with E-state index in [9.17, 15) is 26.4 Å². The predicted octanol–water partition coefficient (Wildman–Crippen LogP) is 3.34. The Morgan fingerprint density at radius 3 is 2.23 bits per heavy atom. The molecule has 9 heteroatoms. The second kappa shape index (κ2) is 7.77. The number of hydrogen-bond acceptors (Lipinski definition) is 3. The number of carbonyl (C=O) groups is 1. The van der Waals surface area contributed by atoms with E-state index < -0.39 is 28.7 Å². The van der Waals surface area contributed by atoms with E-state index in [1.165, 1.54) is 36.4 Å². The standard InChI is InChI=1S/C17H17F3N2O3S/c1-2-12-7-9-13(10-8-12)26(24,25)22-15-6-4-3-5-14(15)16(23)21-11-17(18,19)20/h3-10,22H,2,11H2,1H3,(H,21,23). The summed E-state index contributed by atoms with van der Waals surface area (Å²) in [6.45, 7) is 0.420. The average Bonchev–Trinajstić information content (AvgIpc) is 2.59. The number of carbonyl (C=O) groups excluding carboxylic acids is 1. The maximum Gasteiger partial charge on any atom is 0.405 e. The number of rotatable bonds is 6. The Morgan fingerprint density at radius 2 is 1.65 bits per heavy atom. The van der Waals surface area contributed by atoms with E-state index in [-0.39, 0.29) is 16.1 Å². The number of anilines is 1. The van der Waals surface area contributed by atoms with E-state index in [4.69, 9.17) is 0 Å². The van der Waals surface area contributed by atoms with E-state index in [0.29, 0.717) is 0 Å². The molecule has 0 saturated heterocycles. The Labute approximate surface area is 149 Å². The van der Waals surface area contributed by atoms with Gasteiger partial charge in [-0.2, -0.15) is 13.2 Å². The number of sulfonamides is 1. The number of aryl methyl sites for hydroxylation is 1. The molecule has 2 N–H and O–H groups in total. The first-order chi connectivity index (χ1) is 12.1. The van der Waals surface area contributed by atoms with Gasteiger partial charge in [0, 0.05) is 0 Å². The van der Waals surface area contributed by atoms with Gasteiger partial charge < -0.3 is 5.32 Å². The van der Waals surface area contributed by atoms with Gasteiger partial charge in [-0.1, -0.05) is 31.2 Å². The Balaban J connectivity index is 2.24. The lowest BCUT2D eigenvalue weighted by molar-refractivity contribution is -0.123. The van der Waals surface area contributed by atoms with Crippen LogP contribution in [0.2, 0.25) is 0 Å². The predicted molar refractivity (Wildman–Crippen MR) is 91.5 cm³/mol. The summed E-state index contributed by atoms with van der Waals surface area (Å²) in [6.07, 6.45) is -3.82. The lowest BCUT2D eigenvalue weighted by atomic mass is 10.1. The van der Waals surface area contributed by atoms with Gasteiger partial charge in [-0.05, 0) is 36.2 Å². The number of hydrogen-bond donors (Lipinski definition) is 2. The highest BCUT2D eigenvalue weighted by molar-refractivity contribution is 7.92. The van der Waals surface area contributed by atoms with Crippen LogP contribution in [0.1, 0.15) is 22.8 Å². The van der Waals surface area contributed by atoms with Crippen LogP contribution in [0.25, 0.3) is 0 Å². The van der Waals surface area contributed by atoms with Gasteiger partial charge in [-0.15, -0.1) is 0 Å². The first kappa shape index (κ1) is 19.8. The van der Waals surface area contributed by atoms with Crippen molar-refractivity contribution in [3.05, 3.63) is 59.7 Å². The molecule has 2 aromatic carbocycles. The molecule has 0 aliphatic carbocycles. The Bertz CT molecular complexity index is 879. The Morgan fingerprint density at radius 1 is 1.04 bits per heavy atom. The van der Waals surface area contributed by atoms with Crippen molar-refractivity contribution in [2.75, 3.05) is 11.3 Å². The molecule has 0 aliphatic rings. The maximum atomic E-state index is 12.5. The molecule has 2 rings (SSSR count). The molecule has 2 aromatic rings. The van der Waals surface area contributed by atoms with Crippen LogP contribution in [0.3, 0.4) is 0 Å². The quantitative estimate of drug-likeness (QED) is 0.800. The van der Waals surface area contributed by atoms with Crippen molar-refractivity contribution in [1.82, 2.24) is 5.32 Å². The third-order valence-electron chi connectivity index (χ3n) is 3.51. The van der Waals surface area contributed by atoms with Crippen molar-refractivity contribution in [3.8, 4) is 0 Å². The zero-order valence-electron chi connectivity index (χ0n) is 13.8. The maximum absolute atomic E-state index is 12.5. The molecule has 26 heavy (non-hydrogen) atoms. The largest absolute Gasteiger partial charge is 0.405 e. The lowest BCUT2D eigenvalue weighted by Crippen LogP contribution is -2.34. The van der Waals surface area contributed by atoms with Gasteiger partial charge in [0.25, 0.3) is 15.9 Å². The molecular weight excluding hydrogens is 369 g/mol. The van der Waals surface area contributed by atoms with E-state index >= 15 is 0 Å². The minimum absolute atomic E-state index is 0.0137. The summed E-state index contributed by atoms with van der Waals surface area (Å²) >= 11 is 0. The highest BCUT2D eigenvalue weighted by Gasteiger charge is 2.28. The minimum atomic E-state index is -4.56. The first-order valence-corrected chi connectivity index (χ1v) is 9.16. The van der Waals surface area contributed by atoms with Gasteiger partial charge in [-0.3, -0.25) is 9.52 Å². The zero-order valence-corrected chi connectivity index (χ0v) is 14.6. The summed E-state index contributed by atoms with van der Waals surface area (Å²) in [5.74, 6) is -1.03. The molecule has 0 fully saturated rings. The van der Waals surface area contributed by atoms with Crippen molar-refractivity contribution in [2.45, 2.75) is 24.4 Å².